The molecule has 1 aliphatic heterocycles. The first-order chi connectivity index (χ1) is 11.0. The van der Waals surface area contributed by atoms with Crippen molar-refractivity contribution in [3.05, 3.63) is 29.8 Å². The van der Waals surface area contributed by atoms with Crippen molar-refractivity contribution >= 4 is 33.6 Å². The van der Waals surface area contributed by atoms with Gasteiger partial charge in [0.05, 0.1) is 5.69 Å². The van der Waals surface area contributed by atoms with Gasteiger partial charge in [-0.2, -0.15) is 0 Å². The Bertz CT molecular complexity index is 565. The number of unbranched alkanes of at least 4 members (excludes halogenated alkanes) is 1. The summed E-state index contributed by atoms with van der Waals surface area (Å²) in [5.74, 6) is -0.254. The van der Waals surface area contributed by atoms with E-state index in [0.29, 0.717) is 18.4 Å². The molecule has 1 aromatic carbocycles. The summed E-state index contributed by atoms with van der Waals surface area (Å²) in [6.45, 7) is 2.76. The van der Waals surface area contributed by atoms with Gasteiger partial charge in [-0.1, -0.05) is 34.1 Å². The van der Waals surface area contributed by atoms with Crippen molar-refractivity contribution in [3.8, 4) is 0 Å². The van der Waals surface area contributed by atoms with E-state index in [1.54, 1.807) is 4.90 Å². The highest BCUT2D eigenvalue weighted by molar-refractivity contribution is 9.09. The third kappa shape index (κ3) is 4.70. The highest BCUT2D eigenvalue weighted by Gasteiger charge is 2.27. The summed E-state index contributed by atoms with van der Waals surface area (Å²) in [4.78, 5) is 27.0. The number of alkyl halides is 1. The molecule has 1 aliphatic rings. The maximum absolute atomic E-state index is 12.4. The third-order valence-electron chi connectivity index (χ3n) is 3.91. The summed E-state index contributed by atoms with van der Waals surface area (Å²) in [5, 5.41) is 0.640. The second kappa shape index (κ2) is 8.34. The van der Waals surface area contributed by atoms with Gasteiger partial charge in [0, 0.05) is 32.4 Å². The van der Waals surface area contributed by atoms with Gasteiger partial charge in [0.1, 0.15) is 6.10 Å². The van der Waals surface area contributed by atoms with Crippen molar-refractivity contribution in [2.45, 2.75) is 38.8 Å². The lowest BCUT2D eigenvalue weighted by molar-refractivity contribution is -0.145. The molecule has 0 aliphatic carbocycles. The highest BCUT2D eigenvalue weighted by atomic mass is 79.9. The molecule has 2 rings (SSSR count). The normalized spacial score (nSPS) is 15.3. The van der Waals surface area contributed by atoms with Gasteiger partial charge >= 0.3 is 12.0 Å². The molecule has 1 atom stereocenters. The Kier molecular flexibility index (Phi) is 6.45. The number of carbonyl (C=O) groups excluding carboxylic acids is 2. The fraction of sp³-hybridized carbons (Fsp3) is 0.529. The van der Waals surface area contributed by atoms with Gasteiger partial charge in [-0.25, -0.2) is 4.79 Å². The summed E-state index contributed by atoms with van der Waals surface area (Å²) >= 11 is 3.36. The Morgan fingerprint density at radius 2 is 2.09 bits per heavy atom. The predicted molar refractivity (Wildman–Crippen MR) is 93.9 cm³/mol. The second-order valence-electron chi connectivity index (χ2n) is 5.80. The number of benzene rings is 1. The van der Waals surface area contributed by atoms with E-state index in [9.17, 15) is 9.59 Å². The number of carbonyl (C=O) groups is 2. The van der Waals surface area contributed by atoms with Crippen LogP contribution in [0.3, 0.4) is 0 Å². The summed E-state index contributed by atoms with van der Waals surface area (Å²) in [6, 6.07) is 8.07. The van der Waals surface area contributed by atoms with Crippen molar-refractivity contribution in [1.29, 1.82) is 0 Å². The number of urea groups is 1. The SMILES string of the molecule is CC(=O)OC(CBr)CCCCN1C(=O)N(C)Cc2ccccc21. The molecule has 5 nitrogen and oxygen atoms in total. The number of hydrogen-bond donors (Lipinski definition) is 0. The number of fused-ring (bicyclic) bond motifs is 1. The Balaban J connectivity index is 1.90. The van der Waals surface area contributed by atoms with E-state index in [1.807, 2.05) is 30.1 Å². The van der Waals surface area contributed by atoms with Crippen LogP contribution in [0.1, 0.15) is 31.7 Å². The van der Waals surface area contributed by atoms with Crippen LogP contribution in [0, 0.1) is 0 Å². The predicted octanol–water partition coefficient (Wildman–Crippen LogP) is 3.56. The van der Waals surface area contributed by atoms with Gasteiger partial charge in [-0.15, -0.1) is 0 Å². The molecule has 0 saturated heterocycles. The summed E-state index contributed by atoms with van der Waals surface area (Å²) < 4.78 is 5.21. The van der Waals surface area contributed by atoms with Crippen LogP contribution in [0.2, 0.25) is 0 Å². The molecule has 0 radical (unpaired) electrons. The number of nitrogens with zero attached hydrogens (tertiary/aromatic N) is 2. The summed E-state index contributed by atoms with van der Waals surface area (Å²) in [7, 11) is 1.83. The third-order valence-corrected chi connectivity index (χ3v) is 4.63. The zero-order valence-corrected chi connectivity index (χ0v) is 15.2. The number of hydrogen-bond acceptors (Lipinski definition) is 3. The van der Waals surface area contributed by atoms with Gasteiger partial charge in [-0.05, 0) is 30.9 Å². The van der Waals surface area contributed by atoms with Gasteiger partial charge in [0.25, 0.3) is 0 Å². The van der Waals surface area contributed by atoms with Gasteiger partial charge in [-0.3, -0.25) is 9.69 Å². The number of anilines is 1. The minimum Gasteiger partial charge on any atom is -0.462 e. The van der Waals surface area contributed by atoms with Crippen LogP contribution in [0.4, 0.5) is 10.5 Å². The van der Waals surface area contributed by atoms with Crippen LogP contribution in [0.25, 0.3) is 0 Å². The standard InChI is InChI=1S/C17H23BrN2O3/c1-13(21)23-15(11-18)8-5-6-10-20-16-9-4-3-7-14(16)12-19(2)17(20)22/h3-4,7,9,15H,5-6,8,10-12H2,1-2H3. The molecule has 1 heterocycles. The van der Waals surface area contributed by atoms with E-state index in [0.717, 1.165) is 24.9 Å². The molecule has 2 amide bonds. The largest absolute Gasteiger partial charge is 0.462 e. The minimum absolute atomic E-state index is 0.0423. The lowest BCUT2D eigenvalue weighted by Gasteiger charge is -2.35. The molecule has 23 heavy (non-hydrogen) atoms. The van der Waals surface area contributed by atoms with Gasteiger partial charge < -0.3 is 9.64 Å². The number of rotatable bonds is 7. The molecule has 1 unspecified atom stereocenters. The summed E-state index contributed by atoms with van der Waals surface area (Å²) in [5.41, 5.74) is 2.18. The Labute approximate surface area is 145 Å². The van der Waals surface area contributed by atoms with Crippen molar-refractivity contribution in [2.24, 2.45) is 0 Å². The fourth-order valence-electron chi connectivity index (χ4n) is 2.80. The molecule has 0 spiro atoms. The molecule has 0 bridgehead atoms. The first-order valence-electron chi connectivity index (χ1n) is 7.86. The van der Waals surface area contributed by atoms with Crippen LogP contribution >= 0.6 is 15.9 Å². The molecular formula is C17H23BrN2O3. The second-order valence-corrected chi connectivity index (χ2v) is 6.45. The maximum Gasteiger partial charge on any atom is 0.324 e. The molecule has 0 N–H and O–H groups in total. The Morgan fingerprint density at radius 3 is 2.78 bits per heavy atom. The van der Waals surface area contributed by atoms with E-state index in [4.69, 9.17) is 4.74 Å². The lowest BCUT2D eigenvalue weighted by atomic mass is 10.1. The van der Waals surface area contributed by atoms with Crippen LogP contribution in [-0.2, 0) is 16.1 Å². The van der Waals surface area contributed by atoms with Crippen LogP contribution in [0.15, 0.2) is 24.3 Å². The quantitative estimate of drug-likeness (QED) is 0.411. The highest BCUT2D eigenvalue weighted by Crippen LogP contribution is 2.28. The van der Waals surface area contributed by atoms with E-state index in [2.05, 4.69) is 22.0 Å². The zero-order valence-electron chi connectivity index (χ0n) is 13.6. The van der Waals surface area contributed by atoms with E-state index in [1.165, 1.54) is 12.5 Å². The number of halogens is 1. The van der Waals surface area contributed by atoms with Crippen molar-refractivity contribution < 1.29 is 14.3 Å². The number of ether oxygens (including phenoxy) is 1. The summed E-state index contributed by atoms with van der Waals surface area (Å²) in [6.07, 6.45) is 2.47. The van der Waals surface area contributed by atoms with Crippen molar-refractivity contribution in [1.82, 2.24) is 4.90 Å². The average Bonchev–Trinajstić information content (AvgIpc) is 2.53. The molecule has 0 fully saturated rings. The van der Waals surface area contributed by atoms with E-state index in [-0.39, 0.29) is 18.1 Å². The number of para-hydroxylation sites is 1. The molecule has 6 heteroatoms. The smallest absolute Gasteiger partial charge is 0.324 e. The Hall–Kier alpha value is -1.56. The van der Waals surface area contributed by atoms with E-state index < -0.39 is 0 Å². The average molecular weight is 383 g/mol. The molecular weight excluding hydrogens is 360 g/mol. The topological polar surface area (TPSA) is 49.9 Å². The number of esters is 1. The van der Waals surface area contributed by atoms with Crippen molar-refractivity contribution in [2.75, 3.05) is 23.8 Å². The van der Waals surface area contributed by atoms with E-state index >= 15 is 0 Å². The minimum atomic E-state index is -0.254. The van der Waals surface area contributed by atoms with Gasteiger partial charge in [0.2, 0.25) is 0 Å². The zero-order chi connectivity index (χ0) is 16.8. The Morgan fingerprint density at radius 1 is 1.35 bits per heavy atom. The molecule has 1 aromatic rings. The van der Waals surface area contributed by atoms with Crippen LogP contribution < -0.4 is 4.90 Å². The van der Waals surface area contributed by atoms with Gasteiger partial charge in [0.15, 0.2) is 0 Å². The van der Waals surface area contributed by atoms with Crippen LogP contribution in [-0.4, -0.2) is 41.9 Å². The maximum atomic E-state index is 12.4. The first-order valence-corrected chi connectivity index (χ1v) is 8.98. The van der Waals surface area contributed by atoms with Crippen molar-refractivity contribution in [3.63, 3.8) is 0 Å². The molecule has 126 valence electrons. The fourth-order valence-corrected chi connectivity index (χ4v) is 3.26. The molecule has 0 saturated carbocycles. The monoisotopic (exact) mass is 382 g/mol. The van der Waals surface area contributed by atoms with Crippen LogP contribution in [0.5, 0.6) is 0 Å². The first kappa shape index (κ1) is 17.8. The lowest BCUT2D eigenvalue weighted by Crippen LogP contribution is -2.45. The number of amides is 2. The molecule has 0 aromatic heterocycles.